The lowest BCUT2D eigenvalue weighted by Crippen LogP contribution is -2.54. The molecule has 1 aromatic rings. The van der Waals surface area contributed by atoms with Crippen LogP contribution in [0.4, 0.5) is 0 Å². The number of piperidine rings is 1. The zero-order valence-corrected chi connectivity index (χ0v) is 14.9. The Morgan fingerprint density at radius 3 is 2.62 bits per heavy atom. The molecule has 0 saturated carbocycles. The van der Waals surface area contributed by atoms with Crippen LogP contribution in [0, 0.1) is 6.92 Å². The van der Waals surface area contributed by atoms with Crippen LogP contribution in [0.5, 0.6) is 0 Å². The van der Waals surface area contributed by atoms with Crippen molar-refractivity contribution in [2.24, 2.45) is 0 Å². The maximum atomic E-state index is 12.4. The van der Waals surface area contributed by atoms with Crippen molar-refractivity contribution in [2.45, 2.75) is 44.2 Å². The lowest BCUT2D eigenvalue weighted by molar-refractivity contribution is -0.113. The van der Waals surface area contributed by atoms with Crippen molar-refractivity contribution in [3.63, 3.8) is 0 Å². The molecule has 2 aliphatic heterocycles. The molecule has 1 spiro atoms. The molecular formula is C16H24N2O5S. The Morgan fingerprint density at radius 1 is 1.33 bits per heavy atom. The quantitative estimate of drug-likeness (QED) is 0.882. The predicted octanol–water partition coefficient (Wildman–Crippen LogP) is 1.29. The molecule has 1 unspecified atom stereocenters. The maximum Gasteiger partial charge on any atom is 0.289 e. The number of carbonyl (C=O) groups excluding carboxylic acids is 1. The number of nitrogens with zero attached hydrogens (tertiary/aromatic N) is 1. The summed E-state index contributed by atoms with van der Waals surface area (Å²) in [4.78, 5) is 14.2. The van der Waals surface area contributed by atoms with E-state index in [1.54, 1.807) is 17.0 Å². The molecule has 1 amide bonds. The average molecular weight is 356 g/mol. The summed E-state index contributed by atoms with van der Waals surface area (Å²) in [6, 6.07) is 3.39. The normalized spacial score (nSPS) is 24.2. The molecule has 24 heavy (non-hydrogen) atoms. The van der Waals surface area contributed by atoms with Gasteiger partial charge >= 0.3 is 0 Å². The second-order valence-electron chi connectivity index (χ2n) is 6.81. The highest BCUT2D eigenvalue weighted by Crippen LogP contribution is 2.35. The first-order valence-electron chi connectivity index (χ1n) is 8.23. The fourth-order valence-electron chi connectivity index (χ4n) is 3.60. The summed E-state index contributed by atoms with van der Waals surface area (Å²) >= 11 is 0. The van der Waals surface area contributed by atoms with Gasteiger partial charge < -0.3 is 14.1 Å². The third kappa shape index (κ3) is 3.99. The molecule has 2 fully saturated rings. The van der Waals surface area contributed by atoms with E-state index in [9.17, 15) is 13.2 Å². The Balaban J connectivity index is 1.60. The number of furan rings is 1. The van der Waals surface area contributed by atoms with Gasteiger partial charge in [-0.05, 0) is 44.7 Å². The van der Waals surface area contributed by atoms with Gasteiger partial charge in [-0.25, -0.2) is 13.1 Å². The molecule has 134 valence electrons. The number of carbonyl (C=O) groups is 1. The van der Waals surface area contributed by atoms with Crippen molar-refractivity contribution >= 4 is 15.9 Å². The van der Waals surface area contributed by atoms with Crippen LogP contribution in [0.25, 0.3) is 0 Å². The third-order valence-corrected chi connectivity index (χ3v) is 5.55. The minimum absolute atomic E-state index is 0.0938. The summed E-state index contributed by atoms with van der Waals surface area (Å²) in [6.07, 6.45) is 3.94. The van der Waals surface area contributed by atoms with Gasteiger partial charge in [-0.3, -0.25) is 4.79 Å². The van der Waals surface area contributed by atoms with Gasteiger partial charge in [0.25, 0.3) is 5.91 Å². The molecule has 2 saturated heterocycles. The number of nitrogens with one attached hydrogen (secondary N) is 1. The smallest absolute Gasteiger partial charge is 0.289 e. The van der Waals surface area contributed by atoms with Crippen LogP contribution in [-0.4, -0.2) is 56.8 Å². The molecular weight excluding hydrogens is 332 g/mol. The fraction of sp³-hybridized carbons (Fsp3) is 0.688. The summed E-state index contributed by atoms with van der Waals surface area (Å²) in [7, 11) is -3.22. The Kier molecular flexibility index (Phi) is 4.72. The Bertz CT molecular complexity index is 704. The number of amides is 1. The van der Waals surface area contributed by atoms with E-state index >= 15 is 0 Å². The minimum Gasteiger partial charge on any atom is -0.456 e. The lowest BCUT2D eigenvalue weighted by Gasteiger charge is -2.46. The molecule has 0 aromatic carbocycles. The van der Waals surface area contributed by atoms with Crippen molar-refractivity contribution in [3.05, 3.63) is 23.7 Å². The number of rotatable bonds is 3. The second-order valence-corrected chi connectivity index (χ2v) is 8.59. The van der Waals surface area contributed by atoms with E-state index in [1.807, 2.05) is 6.92 Å². The molecule has 7 nitrogen and oxygen atoms in total. The maximum absolute atomic E-state index is 12.4. The van der Waals surface area contributed by atoms with Crippen LogP contribution < -0.4 is 4.72 Å². The van der Waals surface area contributed by atoms with Crippen LogP contribution in [0.2, 0.25) is 0 Å². The standard InChI is InChI=1S/C16H24N2O5S/c1-12-3-4-14(23-12)15(19)18-8-6-16(7-9-18)11-13(5-10-22-16)17-24(2,20)21/h3-4,13,17H,5-11H2,1-2H3. The largest absolute Gasteiger partial charge is 0.456 e. The first-order chi connectivity index (χ1) is 11.3. The zero-order chi connectivity index (χ0) is 17.4. The molecule has 3 heterocycles. The Hall–Kier alpha value is -1.38. The van der Waals surface area contributed by atoms with E-state index in [0.717, 1.165) is 5.76 Å². The van der Waals surface area contributed by atoms with Gasteiger partial charge in [-0.2, -0.15) is 0 Å². The highest BCUT2D eigenvalue weighted by atomic mass is 32.2. The number of ether oxygens (including phenoxy) is 1. The van der Waals surface area contributed by atoms with Gasteiger partial charge in [0.1, 0.15) is 5.76 Å². The Labute approximate surface area is 142 Å². The molecule has 1 aromatic heterocycles. The first kappa shape index (κ1) is 17.4. The minimum atomic E-state index is -3.22. The van der Waals surface area contributed by atoms with Gasteiger partial charge in [-0.1, -0.05) is 0 Å². The van der Waals surface area contributed by atoms with Crippen LogP contribution >= 0.6 is 0 Å². The number of hydrogen-bond donors (Lipinski definition) is 1. The van der Waals surface area contributed by atoms with Crippen molar-refractivity contribution in [1.29, 1.82) is 0 Å². The summed E-state index contributed by atoms with van der Waals surface area (Å²) < 4.78 is 37.0. The van der Waals surface area contributed by atoms with Crippen molar-refractivity contribution in [2.75, 3.05) is 26.0 Å². The highest BCUT2D eigenvalue weighted by molar-refractivity contribution is 7.88. The van der Waals surface area contributed by atoms with Gasteiger partial charge in [0.2, 0.25) is 10.0 Å². The van der Waals surface area contributed by atoms with Crippen molar-refractivity contribution in [3.8, 4) is 0 Å². The lowest BCUT2D eigenvalue weighted by atomic mass is 9.82. The summed E-state index contributed by atoms with van der Waals surface area (Å²) in [6.45, 7) is 3.53. The molecule has 8 heteroatoms. The van der Waals surface area contributed by atoms with Crippen LogP contribution in [-0.2, 0) is 14.8 Å². The zero-order valence-electron chi connectivity index (χ0n) is 14.1. The average Bonchev–Trinajstić information content (AvgIpc) is 2.92. The molecule has 0 aliphatic carbocycles. The van der Waals surface area contributed by atoms with Crippen molar-refractivity contribution < 1.29 is 22.4 Å². The van der Waals surface area contributed by atoms with Crippen molar-refractivity contribution in [1.82, 2.24) is 9.62 Å². The molecule has 1 N–H and O–H groups in total. The molecule has 0 bridgehead atoms. The van der Waals surface area contributed by atoms with E-state index < -0.39 is 10.0 Å². The van der Waals surface area contributed by atoms with E-state index in [2.05, 4.69) is 4.72 Å². The summed E-state index contributed by atoms with van der Waals surface area (Å²) in [5.41, 5.74) is -0.337. The Morgan fingerprint density at radius 2 is 2.04 bits per heavy atom. The fourth-order valence-corrected chi connectivity index (χ4v) is 4.41. The molecule has 1 atom stereocenters. The SMILES string of the molecule is Cc1ccc(C(=O)N2CCC3(CC2)CC(NS(C)(=O)=O)CCO3)o1. The van der Waals surface area contributed by atoms with Crippen LogP contribution in [0.3, 0.4) is 0 Å². The summed E-state index contributed by atoms with van der Waals surface area (Å²) in [5, 5.41) is 0. The third-order valence-electron chi connectivity index (χ3n) is 4.79. The van der Waals surface area contributed by atoms with E-state index in [1.165, 1.54) is 6.26 Å². The van der Waals surface area contributed by atoms with E-state index in [-0.39, 0.29) is 17.6 Å². The number of sulfonamides is 1. The van der Waals surface area contributed by atoms with E-state index in [0.29, 0.717) is 51.1 Å². The van der Waals surface area contributed by atoms with Gasteiger partial charge in [0, 0.05) is 25.7 Å². The summed E-state index contributed by atoms with van der Waals surface area (Å²) in [5.74, 6) is 0.987. The van der Waals surface area contributed by atoms with Crippen LogP contribution in [0.1, 0.15) is 42.0 Å². The number of hydrogen-bond acceptors (Lipinski definition) is 5. The molecule has 2 aliphatic rings. The number of aryl methyl sites for hydroxylation is 1. The van der Waals surface area contributed by atoms with Crippen LogP contribution in [0.15, 0.2) is 16.5 Å². The first-order valence-corrected chi connectivity index (χ1v) is 10.1. The van der Waals surface area contributed by atoms with Gasteiger partial charge in [-0.15, -0.1) is 0 Å². The van der Waals surface area contributed by atoms with Gasteiger partial charge in [0.05, 0.1) is 11.9 Å². The van der Waals surface area contributed by atoms with E-state index in [4.69, 9.17) is 9.15 Å². The van der Waals surface area contributed by atoms with Gasteiger partial charge in [0.15, 0.2) is 5.76 Å². The second kappa shape index (κ2) is 6.50. The topological polar surface area (TPSA) is 88.9 Å². The predicted molar refractivity (Wildman–Crippen MR) is 88.3 cm³/mol. The monoisotopic (exact) mass is 356 g/mol. The highest BCUT2D eigenvalue weighted by Gasteiger charge is 2.42. The molecule has 3 rings (SSSR count). The number of likely N-dealkylation sites (tertiary alicyclic amines) is 1. The molecule has 0 radical (unpaired) electrons.